The molecule has 2 aliphatic heterocycles. The van der Waals surface area contributed by atoms with Gasteiger partial charge in [0.05, 0.1) is 5.60 Å². The van der Waals surface area contributed by atoms with Gasteiger partial charge in [-0.2, -0.15) is 0 Å². The molecule has 0 spiro atoms. The van der Waals surface area contributed by atoms with Crippen molar-refractivity contribution in [3.63, 3.8) is 0 Å². The molecule has 2 fully saturated rings. The molecule has 1 aromatic rings. The molecule has 1 N–H and O–H groups in total. The second-order valence-electron chi connectivity index (χ2n) is 9.01. The summed E-state index contributed by atoms with van der Waals surface area (Å²) in [5.41, 5.74) is 0.390. The number of ether oxygens (including phenoxy) is 1. The molecule has 2 saturated heterocycles. The lowest BCUT2D eigenvalue weighted by molar-refractivity contribution is -0.0920. The van der Waals surface area contributed by atoms with Gasteiger partial charge in [-0.3, -0.25) is 0 Å². The second-order valence-corrected chi connectivity index (χ2v) is 9.01. The van der Waals surface area contributed by atoms with Gasteiger partial charge < -0.3 is 14.7 Å². The van der Waals surface area contributed by atoms with Crippen LogP contribution in [0.1, 0.15) is 64.0 Å². The third kappa shape index (κ3) is 4.20. The monoisotopic (exact) mass is 363 g/mol. The van der Waals surface area contributed by atoms with Crippen molar-refractivity contribution in [2.75, 3.05) is 0 Å². The molecular weight excluding hydrogens is 333 g/mol. The van der Waals surface area contributed by atoms with E-state index >= 15 is 0 Å². The lowest BCUT2D eigenvalue weighted by Crippen LogP contribution is -2.61. The number of nitrogens with zero attached hydrogens (tertiary/aromatic N) is 1. The molecule has 0 aromatic heterocycles. The fourth-order valence-electron chi connectivity index (χ4n) is 4.47. The second kappa shape index (κ2) is 6.84. The Labute approximate surface area is 155 Å². The zero-order chi connectivity index (χ0) is 19.1. The zero-order valence-electron chi connectivity index (χ0n) is 16.2. The van der Waals surface area contributed by atoms with Crippen LogP contribution in [0.2, 0.25) is 0 Å². The molecule has 0 saturated carbocycles. The van der Waals surface area contributed by atoms with E-state index in [0.717, 1.165) is 30.4 Å². The van der Waals surface area contributed by atoms with E-state index in [0.29, 0.717) is 19.3 Å². The number of carbonyl (C=O) groups is 1. The Balaban J connectivity index is 1.78. The Kier molecular flexibility index (Phi) is 5.04. The molecule has 2 aliphatic rings. The number of halogens is 1. The van der Waals surface area contributed by atoms with E-state index in [9.17, 15) is 14.3 Å². The van der Waals surface area contributed by atoms with Crippen LogP contribution in [0.4, 0.5) is 9.18 Å². The number of hydrogen-bond donors (Lipinski definition) is 1. The van der Waals surface area contributed by atoms with Gasteiger partial charge in [-0.1, -0.05) is 6.07 Å². The predicted octanol–water partition coefficient (Wildman–Crippen LogP) is 4.36. The van der Waals surface area contributed by atoms with E-state index in [2.05, 4.69) is 0 Å². The number of hydrogen-bond acceptors (Lipinski definition) is 3. The first-order valence-corrected chi connectivity index (χ1v) is 9.55. The summed E-state index contributed by atoms with van der Waals surface area (Å²) >= 11 is 0. The van der Waals surface area contributed by atoms with Crippen LogP contribution in [-0.4, -0.2) is 39.4 Å². The van der Waals surface area contributed by atoms with E-state index in [4.69, 9.17) is 4.74 Å². The normalized spacial score (nSPS) is 28.8. The molecule has 1 aromatic carbocycles. The van der Waals surface area contributed by atoms with E-state index in [1.54, 1.807) is 6.07 Å². The van der Waals surface area contributed by atoms with Crippen LogP contribution >= 0.6 is 0 Å². The first kappa shape index (κ1) is 19.2. The minimum absolute atomic E-state index is 0.0174. The van der Waals surface area contributed by atoms with Gasteiger partial charge in [0.25, 0.3) is 0 Å². The maximum atomic E-state index is 13.6. The summed E-state index contributed by atoms with van der Waals surface area (Å²) in [6, 6.07) is 4.68. The molecule has 5 heteroatoms. The van der Waals surface area contributed by atoms with Crippen molar-refractivity contribution in [2.45, 2.75) is 89.5 Å². The number of piperidine rings is 2. The van der Waals surface area contributed by atoms with Crippen LogP contribution < -0.4 is 0 Å². The highest BCUT2D eigenvalue weighted by atomic mass is 19.1. The highest BCUT2D eigenvalue weighted by molar-refractivity contribution is 5.69. The molecular formula is C21H30FNO3. The smallest absolute Gasteiger partial charge is 0.410 e. The van der Waals surface area contributed by atoms with Crippen LogP contribution in [0.5, 0.6) is 0 Å². The average molecular weight is 363 g/mol. The van der Waals surface area contributed by atoms with Crippen molar-refractivity contribution in [2.24, 2.45) is 0 Å². The molecule has 2 atom stereocenters. The topological polar surface area (TPSA) is 49.8 Å². The summed E-state index contributed by atoms with van der Waals surface area (Å²) < 4.78 is 19.2. The third-order valence-electron chi connectivity index (χ3n) is 5.53. The van der Waals surface area contributed by atoms with Crippen molar-refractivity contribution in [1.29, 1.82) is 0 Å². The molecule has 0 aliphatic carbocycles. The molecule has 2 bridgehead atoms. The number of aliphatic hydroxyl groups is 1. The van der Waals surface area contributed by atoms with Crippen molar-refractivity contribution in [3.8, 4) is 0 Å². The number of carbonyl (C=O) groups excluding carboxylic acids is 1. The summed E-state index contributed by atoms with van der Waals surface area (Å²) in [5.74, 6) is -0.277. The van der Waals surface area contributed by atoms with Crippen LogP contribution in [0.25, 0.3) is 0 Å². The standard InChI is InChI=1S/C21H30FNO3/c1-14-8-9-16(22)10-15(14)11-21(25)12-17-6-5-7-18(13-21)23(17)19(24)26-20(2,3)4/h8-10,17-18,25H,5-7,11-13H2,1-4H3. The number of fused-ring (bicyclic) bond motifs is 2. The van der Waals surface area contributed by atoms with E-state index in [-0.39, 0.29) is 24.0 Å². The molecule has 26 heavy (non-hydrogen) atoms. The summed E-state index contributed by atoms with van der Waals surface area (Å²) in [5, 5.41) is 11.3. The highest BCUT2D eigenvalue weighted by Crippen LogP contribution is 2.41. The number of amides is 1. The highest BCUT2D eigenvalue weighted by Gasteiger charge is 2.48. The Hall–Kier alpha value is -1.62. The molecule has 4 nitrogen and oxygen atoms in total. The number of rotatable bonds is 2. The largest absolute Gasteiger partial charge is 0.444 e. The Morgan fingerprint density at radius 1 is 1.31 bits per heavy atom. The Morgan fingerprint density at radius 2 is 1.92 bits per heavy atom. The third-order valence-corrected chi connectivity index (χ3v) is 5.53. The van der Waals surface area contributed by atoms with Gasteiger partial charge in [-0.15, -0.1) is 0 Å². The number of benzene rings is 1. The fourth-order valence-corrected chi connectivity index (χ4v) is 4.47. The summed E-state index contributed by atoms with van der Waals surface area (Å²) in [6.07, 6.45) is 3.98. The molecule has 144 valence electrons. The van der Waals surface area contributed by atoms with Crippen LogP contribution in [0.3, 0.4) is 0 Å². The van der Waals surface area contributed by atoms with Gasteiger partial charge in [0.2, 0.25) is 0 Å². The van der Waals surface area contributed by atoms with Crippen LogP contribution in [0.15, 0.2) is 18.2 Å². The van der Waals surface area contributed by atoms with Crippen molar-refractivity contribution < 1.29 is 19.0 Å². The first-order chi connectivity index (χ1) is 12.1. The van der Waals surface area contributed by atoms with E-state index < -0.39 is 11.2 Å². The molecule has 2 unspecified atom stereocenters. The predicted molar refractivity (Wildman–Crippen MR) is 98.5 cm³/mol. The SMILES string of the molecule is Cc1ccc(F)cc1CC1(O)CC2CCCC(C1)N2C(=O)OC(C)(C)C. The van der Waals surface area contributed by atoms with Gasteiger partial charge in [0.15, 0.2) is 0 Å². The lowest BCUT2D eigenvalue weighted by atomic mass is 9.73. The summed E-state index contributed by atoms with van der Waals surface area (Å²) in [4.78, 5) is 14.5. The molecule has 3 rings (SSSR count). The van der Waals surface area contributed by atoms with Crippen molar-refractivity contribution in [1.82, 2.24) is 4.90 Å². The maximum absolute atomic E-state index is 13.6. The Morgan fingerprint density at radius 3 is 2.50 bits per heavy atom. The average Bonchev–Trinajstić information content (AvgIpc) is 2.48. The molecule has 1 amide bonds. The lowest BCUT2D eigenvalue weighted by Gasteiger charge is -2.52. The Bertz CT molecular complexity index is 668. The minimum Gasteiger partial charge on any atom is -0.444 e. The zero-order valence-corrected chi connectivity index (χ0v) is 16.2. The molecule has 2 heterocycles. The molecule has 0 radical (unpaired) electrons. The van der Waals surface area contributed by atoms with Gasteiger partial charge >= 0.3 is 6.09 Å². The van der Waals surface area contributed by atoms with Crippen LogP contribution in [0, 0.1) is 12.7 Å². The van der Waals surface area contributed by atoms with E-state index in [1.165, 1.54) is 12.1 Å². The summed E-state index contributed by atoms with van der Waals surface area (Å²) in [7, 11) is 0. The van der Waals surface area contributed by atoms with Crippen molar-refractivity contribution in [3.05, 3.63) is 35.1 Å². The van der Waals surface area contributed by atoms with E-state index in [1.807, 2.05) is 32.6 Å². The van der Waals surface area contributed by atoms with Crippen molar-refractivity contribution >= 4 is 6.09 Å². The van der Waals surface area contributed by atoms with Gasteiger partial charge in [0.1, 0.15) is 11.4 Å². The van der Waals surface area contributed by atoms with Gasteiger partial charge in [-0.05, 0) is 83.1 Å². The van der Waals surface area contributed by atoms with Gasteiger partial charge in [-0.25, -0.2) is 9.18 Å². The summed E-state index contributed by atoms with van der Waals surface area (Å²) in [6.45, 7) is 7.55. The van der Waals surface area contributed by atoms with Gasteiger partial charge in [0, 0.05) is 18.5 Å². The quantitative estimate of drug-likeness (QED) is 0.849. The fraction of sp³-hybridized carbons (Fsp3) is 0.667. The number of aryl methyl sites for hydroxylation is 1. The van der Waals surface area contributed by atoms with Crippen LogP contribution in [-0.2, 0) is 11.2 Å². The maximum Gasteiger partial charge on any atom is 0.410 e. The minimum atomic E-state index is -0.910. The first-order valence-electron chi connectivity index (χ1n) is 9.55.